The number of hydrogen-bond acceptors (Lipinski definition) is 5. The van der Waals surface area contributed by atoms with Gasteiger partial charge in [-0.05, 0) is 65.4 Å². The number of nitrogens with zero attached hydrogens (tertiary/aromatic N) is 2. The molecule has 0 spiro atoms. The Balaban J connectivity index is 1.50. The summed E-state index contributed by atoms with van der Waals surface area (Å²) >= 11 is 14.4. The minimum Gasteiger partial charge on any atom is -0.468 e. The molecule has 10 heteroatoms. The van der Waals surface area contributed by atoms with Crippen molar-refractivity contribution in [2.45, 2.75) is 23.9 Å². The zero-order valence-electron chi connectivity index (χ0n) is 19.0. The van der Waals surface area contributed by atoms with Crippen molar-refractivity contribution < 1.29 is 17.6 Å². The Hall–Kier alpha value is -2.62. The van der Waals surface area contributed by atoms with Gasteiger partial charge in [-0.2, -0.15) is 4.31 Å². The first-order valence-electron chi connectivity index (χ1n) is 11.2. The van der Waals surface area contributed by atoms with Crippen LogP contribution in [-0.4, -0.2) is 36.6 Å². The Labute approximate surface area is 223 Å². The molecule has 3 heterocycles. The average Bonchev–Trinajstić information content (AvgIpc) is 3.56. The highest BCUT2D eigenvalue weighted by atomic mass is 35.5. The summed E-state index contributed by atoms with van der Waals surface area (Å²) in [7, 11) is -3.97. The van der Waals surface area contributed by atoms with Gasteiger partial charge in [0.15, 0.2) is 0 Å². The van der Waals surface area contributed by atoms with Gasteiger partial charge < -0.3 is 9.32 Å². The zero-order chi connectivity index (χ0) is 25.3. The predicted octanol–water partition coefficient (Wildman–Crippen LogP) is 6.01. The van der Waals surface area contributed by atoms with Gasteiger partial charge in [-0.15, -0.1) is 11.3 Å². The number of thiophene rings is 1. The number of hydrogen-bond donors (Lipinski definition) is 0. The first-order valence-corrected chi connectivity index (χ1v) is 14.3. The van der Waals surface area contributed by atoms with Crippen molar-refractivity contribution in [3.8, 4) is 0 Å². The lowest BCUT2D eigenvalue weighted by molar-refractivity contribution is -0.133. The fourth-order valence-corrected chi connectivity index (χ4v) is 7.22. The average molecular weight is 562 g/mol. The molecule has 1 unspecified atom stereocenters. The summed E-state index contributed by atoms with van der Waals surface area (Å²) in [5.41, 5.74) is 1.74. The van der Waals surface area contributed by atoms with Gasteiger partial charge in [0.25, 0.3) is 0 Å². The Morgan fingerprint density at radius 1 is 1.06 bits per heavy atom. The molecule has 0 saturated heterocycles. The molecule has 36 heavy (non-hydrogen) atoms. The maximum atomic E-state index is 13.8. The lowest BCUT2D eigenvalue weighted by Crippen LogP contribution is -2.46. The van der Waals surface area contributed by atoms with Crippen LogP contribution in [-0.2, 0) is 27.8 Å². The van der Waals surface area contributed by atoms with Crippen LogP contribution in [0.4, 0.5) is 0 Å². The predicted molar refractivity (Wildman–Crippen MR) is 141 cm³/mol. The van der Waals surface area contributed by atoms with E-state index >= 15 is 0 Å². The van der Waals surface area contributed by atoms with Crippen LogP contribution in [0.5, 0.6) is 0 Å². The van der Waals surface area contributed by atoms with E-state index in [1.165, 1.54) is 23.3 Å². The number of rotatable bonds is 7. The zero-order valence-corrected chi connectivity index (χ0v) is 22.2. The molecule has 186 valence electrons. The molecular formula is C26H22Cl2N2O4S2. The van der Waals surface area contributed by atoms with E-state index in [-0.39, 0.29) is 23.9 Å². The van der Waals surface area contributed by atoms with Crippen molar-refractivity contribution in [3.63, 3.8) is 0 Å². The van der Waals surface area contributed by atoms with Crippen molar-refractivity contribution in [2.75, 3.05) is 13.1 Å². The second kappa shape index (κ2) is 10.4. The van der Waals surface area contributed by atoms with Crippen molar-refractivity contribution in [1.82, 2.24) is 9.21 Å². The molecule has 2 aromatic heterocycles. The normalized spacial score (nSPS) is 15.8. The van der Waals surface area contributed by atoms with Crippen LogP contribution in [0.1, 0.15) is 27.8 Å². The fraction of sp³-hybridized carbons (Fsp3) is 0.192. The number of amides is 1. The second-order valence-corrected chi connectivity index (χ2v) is 12.2. The van der Waals surface area contributed by atoms with E-state index in [4.69, 9.17) is 27.6 Å². The molecule has 1 aliphatic rings. The fourth-order valence-electron chi connectivity index (χ4n) is 4.43. The molecule has 5 rings (SSSR count). The van der Waals surface area contributed by atoms with Crippen LogP contribution in [0, 0.1) is 0 Å². The van der Waals surface area contributed by atoms with Gasteiger partial charge in [0, 0.05) is 21.5 Å². The highest BCUT2D eigenvalue weighted by Crippen LogP contribution is 2.41. The van der Waals surface area contributed by atoms with E-state index in [2.05, 4.69) is 0 Å². The van der Waals surface area contributed by atoms with E-state index in [0.29, 0.717) is 28.8 Å². The number of furan rings is 1. The number of benzene rings is 2. The Morgan fingerprint density at radius 3 is 2.58 bits per heavy atom. The maximum absolute atomic E-state index is 13.8. The quantitative estimate of drug-likeness (QED) is 0.277. The summed E-state index contributed by atoms with van der Waals surface area (Å²) in [4.78, 5) is 16.8. The molecule has 1 amide bonds. The summed E-state index contributed by atoms with van der Waals surface area (Å²) in [6, 6.07) is 18.2. The minimum atomic E-state index is -3.97. The molecule has 0 saturated carbocycles. The number of fused-ring (bicyclic) bond motifs is 1. The Bertz CT molecular complexity index is 1470. The van der Waals surface area contributed by atoms with Crippen molar-refractivity contribution in [3.05, 3.63) is 110 Å². The molecule has 4 aromatic rings. The van der Waals surface area contributed by atoms with E-state index < -0.39 is 16.1 Å². The molecular weight excluding hydrogens is 539 g/mol. The van der Waals surface area contributed by atoms with Gasteiger partial charge in [0.1, 0.15) is 5.76 Å². The number of carbonyl (C=O) groups is 1. The first-order chi connectivity index (χ1) is 17.3. The van der Waals surface area contributed by atoms with Crippen LogP contribution in [0.25, 0.3) is 0 Å². The third-order valence-corrected chi connectivity index (χ3v) is 9.51. The van der Waals surface area contributed by atoms with Gasteiger partial charge in [0.05, 0.1) is 30.3 Å². The summed E-state index contributed by atoms with van der Waals surface area (Å²) in [5.74, 6) is 0.118. The molecule has 6 nitrogen and oxygen atoms in total. The SMILES string of the molecule is O=C(CN(Cc1ccco1)S(=O)(=O)c1ccccc1)N1CCc2sccc2C1c1ccc(Cl)cc1Cl. The lowest BCUT2D eigenvalue weighted by atomic mass is 9.93. The molecule has 0 bridgehead atoms. The van der Waals surface area contributed by atoms with E-state index in [9.17, 15) is 13.2 Å². The molecule has 0 aliphatic carbocycles. The highest BCUT2D eigenvalue weighted by Gasteiger charge is 2.36. The molecule has 2 aromatic carbocycles. The monoisotopic (exact) mass is 560 g/mol. The maximum Gasteiger partial charge on any atom is 0.243 e. The molecule has 0 fully saturated rings. The molecule has 0 N–H and O–H groups in total. The lowest BCUT2D eigenvalue weighted by Gasteiger charge is -2.37. The molecule has 0 radical (unpaired) electrons. The smallest absolute Gasteiger partial charge is 0.243 e. The Kier molecular flexibility index (Phi) is 7.23. The summed E-state index contributed by atoms with van der Waals surface area (Å²) in [6.07, 6.45) is 2.16. The minimum absolute atomic E-state index is 0.0696. The largest absolute Gasteiger partial charge is 0.468 e. The number of sulfonamides is 1. The van der Waals surface area contributed by atoms with Crippen LogP contribution in [0.2, 0.25) is 10.0 Å². The third kappa shape index (κ3) is 4.96. The molecule has 1 aliphatic heterocycles. The van der Waals surface area contributed by atoms with Crippen LogP contribution < -0.4 is 0 Å². The van der Waals surface area contributed by atoms with Crippen LogP contribution in [0.15, 0.2) is 87.7 Å². The standard InChI is InChI=1S/C26H22Cl2N2O4S2/c27-18-8-9-21(23(28)15-18)26-22-11-14-35-24(22)10-12-30(26)25(31)17-29(16-19-5-4-13-34-19)36(32,33)20-6-2-1-3-7-20/h1-9,11,13-15,26H,10,12,16-17H2. The van der Waals surface area contributed by atoms with Gasteiger partial charge in [0.2, 0.25) is 15.9 Å². The number of halogens is 2. The Morgan fingerprint density at radius 2 is 1.86 bits per heavy atom. The summed E-state index contributed by atoms with van der Waals surface area (Å²) in [6.45, 7) is 0.0227. The summed E-state index contributed by atoms with van der Waals surface area (Å²) in [5, 5.41) is 2.95. The van der Waals surface area contributed by atoms with E-state index in [1.54, 1.807) is 58.7 Å². The van der Waals surface area contributed by atoms with Gasteiger partial charge >= 0.3 is 0 Å². The van der Waals surface area contributed by atoms with Crippen LogP contribution >= 0.6 is 34.5 Å². The van der Waals surface area contributed by atoms with Crippen LogP contribution in [0.3, 0.4) is 0 Å². The van der Waals surface area contributed by atoms with Crippen molar-refractivity contribution >= 4 is 50.5 Å². The highest BCUT2D eigenvalue weighted by molar-refractivity contribution is 7.89. The number of carbonyl (C=O) groups excluding carboxylic acids is 1. The summed E-state index contributed by atoms with van der Waals surface area (Å²) < 4.78 is 33.7. The van der Waals surface area contributed by atoms with Crippen molar-refractivity contribution in [2.24, 2.45) is 0 Å². The van der Waals surface area contributed by atoms with Crippen molar-refractivity contribution in [1.29, 1.82) is 0 Å². The third-order valence-electron chi connectivity index (χ3n) is 6.15. The van der Waals surface area contributed by atoms with Gasteiger partial charge in [-0.25, -0.2) is 8.42 Å². The molecule has 1 atom stereocenters. The van der Waals surface area contributed by atoms with Gasteiger partial charge in [-0.3, -0.25) is 4.79 Å². The van der Waals surface area contributed by atoms with Gasteiger partial charge in [-0.1, -0.05) is 47.5 Å². The second-order valence-electron chi connectivity index (χ2n) is 8.37. The van der Waals surface area contributed by atoms with E-state index in [1.807, 2.05) is 17.5 Å². The van der Waals surface area contributed by atoms with E-state index in [0.717, 1.165) is 15.4 Å². The topological polar surface area (TPSA) is 70.8 Å². The first kappa shape index (κ1) is 25.0.